The Morgan fingerprint density at radius 2 is 1.67 bits per heavy atom. The van der Waals surface area contributed by atoms with Crippen LogP contribution in [0.2, 0.25) is 0 Å². The SMILES string of the molecule is CC[C@@]1(c2ccccc2)NC(=O)N(CC(=O)NCCc2ccccc2)C1=O. The van der Waals surface area contributed by atoms with Gasteiger partial charge in [-0.15, -0.1) is 0 Å². The minimum absolute atomic E-state index is 0.284. The topological polar surface area (TPSA) is 78.5 Å². The summed E-state index contributed by atoms with van der Waals surface area (Å²) in [5.41, 5.74) is 0.725. The molecule has 0 unspecified atom stereocenters. The Hall–Kier alpha value is -3.15. The Kier molecular flexibility index (Phi) is 5.54. The first-order valence-corrected chi connectivity index (χ1v) is 9.07. The van der Waals surface area contributed by atoms with Crippen LogP contribution in [0.1, 0.15) is 24.5 Å². The van der Waals surface area contributed by atoms with Crippen molar-refractivity contribution in [2.45, 2.75) is 25.3 Å². The fraction of sp³-hybridized carbons (Fsp3) is 0.286. The van der Waals surface area contributed by atoms with Gasteiger partial charge in [0.15, 0.2) is 0 Å². The summed E-state index contributed by atoms with van der Waals surface area (Å²) in [6, 6.07) is 18.4. The number of hydrogen-bond acceptors (Lipinski definition) is 3. The number of nitrogens with one attached hydrogen (secondary N) is 2. The molecule has 27 heavy (non-hydrogen) atoms. The molecule has 1 heterocycles. The highest BCUT2D eigenvalue weighted by Gasteiger charge is 2.51. The van der Waals surface area contributed by atoms with Crippen molar-refractivity contribution in [2.24, 2.45) is 0 Å². The van der Waals surface area contributed by atoms with Gasteiger partial charge in [0.25, 0.3) is 5.91 Å². The first-order valence-electron chi connectivity index (χ1n) is 9.07. The van der Waals surface area contributed by atoms with Crippen molar-refractivity contribution >= 4 is 17.8 Å². The number of nitrogens with zero attached hydrogens (tertiary/aromatic N) is 1. The van der Waals surface area contributed by atoms with Gasteiger partial charge in [-0.25, -0.2) is 4.79 Å². The van der Waals surface area contributed by atoms with Crippen LogP contribution >= 0.6 is 0 Å². The van der Waals surface area contributed by atoms with Gasteiger partial charge in [-0.05, 0) is 24.0 Å². The number of imide groups is 1. The summed E-state index contributed by atoms with van der Waals surface area (Å²) in [5, 5.41) is 5.55. The first kappa shape index (κ1) is 18.6. The van der Waals surface area contributed by atoms with Crippen LogP contribution in [-0.4, -0.2) is 35.8 Å². The average Bonchev–Trinajstić information content (AvgIpc) is 2.94. The molecule has 3 rings (SSSR count). The first-order chi connectivity index (χ1) is 13.1. The lowest BCUT2D eigenvalue weighted by atomic mass is 9.87. The van der Waals surface area contributed by atoms with E-state index in [-0.39, 0.29) is 18.4 Å². The van der Waals surface area contributed by atoms with Crippen LogP contribution in [0.25, 0.3) is 0 Å². The van der Waals surface area contributed by atoms with Crippen LogP contribution in [0.4, 0.5) is 4.79 Å². The average molecular weight is 365 g/mol. The second-order valence-corrected chi connectivity index (χ2v) is 6.53. The van der Waals surface area contributed by atoms with Crippen molar-refractivity contribution in [3.05, 3.63) is 71.8 Å². The molecule has 1 fully saturated rings. The summed E-state index contributed by atoms with van der Waals surface area (Å²) in [6.45, 7) is 2.01. The number of carbonyl (C=O) groups is 3. The largest absolute Gasteiger partial charge is 0.354 e. The standard InChI is InChI=1S/C21H23N3O3/c1-2-21(17-11-7-4-8-12-17)19(26)24(20(27)23-21)15-18(25)22-14-13-16-9-5-3-6-10-16/h3-12H,2,13-15H2,1H3,(H,22,25)(H,23,27)/t21-/m0/s1. The summed E-state index contributed by atoms with van der Waals surface area (Å²) >= 11 is 0. The van der Waals surface area contributed by atoms with E-state index < -0.39 is 11.6 Å². The van der Waals surface area contributed by atoms with Crippen LogP contribution in [0.3, 0.4) is 0 Å². The molecule has 2 aromatic carbocycles. The Morgan fingerprint density at radius 1 is 1.04 bits per heavy atom. The predicted molar refractivity (Wildman–Crippen MR) is 102 cm³/mol. The number of urea groups is 1. The Labute approximate surface area is 158 Å². The van der Waals surface area contributed by atoms with E-state index in [2.05, 4.69) is 10.6 Å². The second-order valence-electron chi connectivity index (χ2n) is 6.53. The molecular formula is C21H23N3O3. The normalized spacial score (nSPS) is 19.1. The van der Waals surface area contributed by atoms with Gasteiger partial charge in [-0.3, -0.25) is 14.5 Å². The van der Waals surface area contributed by atoms with Crippen LogP contribution in [0.5, 0.6) is 0 Å². The zero-order chi connectivity index (χ0) is 19.3. The molecule has 1 saturated heterocycles. The third-order valence-electron chi connectivity index (χ3n) is 4.85. The van der Waals surface area contributed by atoms with Gasteiger partial charge in [0.1, 0.15) is 12.1 Å². The summed E-state index contributed by atoms with van der Waals surface area (Å²) in [7, 11) is 0. The zero-order valence-electron chi connectivity index (χ0n) is 15.3. The number of rotatable bonds is 7. The van der Waals surface area contributed by atoms with Gasteiger partial charge in [0.2, 0.25) is 5.91 Å². The fourth-order valence-corrected chi connectivity index (χ4v) is 3.32. The molecule has 0 radical (unpaired) electrons. The van der Waals surface area contributed by atoms with Gasteiger partial charge < -0.3 is 10.6 Å². The monoisotopic (exact) mass is 365 g/mol. The summed E-state index contributed by atoms with van der Waals surface area (Å²) in [5.74, 6) is -0.742. The molecule has 1 aliphatic rings. The number of hydrogen-bond donors (Lipinski definition) is 2. The molecule has 1 atom stereocenters. The lowest BCUT2D eigenvalue weighted by Gasteiger charge is -2.25. The van der Waals surface area contributed by atoms with E-state index in [1.54, 1.807) is 0 Å². The highest BCUT2D eigenvalue weighted by Crippen LogP contribution is 2.32. The van der Waals surface area contributed by atoms with Crippen LogP contribution in [0.15, 0.2) is 60.7 Å². The van der Waals surface area contributed by atoms with Crippen molar-refractivity contribution in [3.63, 3.8) is 0 Å². The minimum atomic E-state index is -1.11. The molecule has 2 aromatic rings. The van der Waals surface area contributed by atoms with Crippen molar-refractivity contribution in [3.8, 4) is 0 Å². The Bertz CT molecular complexity index is 823. The molecule has 2 N–H and O–H groups in total. The minimum Gasteiger partial charge on any atom is -0.354 e. The van der Waals surface area contributed by atoms with Gasteiger partial charge >= 0.3 is 6.03 Å². The molecule has 0 bridgehead atoms. The van der Waals surface area contributed by atoms with E-state index in [4.69, 9.17) is 0 Å². The molecule has 6 heteroatoms. The van der Waals surface area contributed by atoms with Crippen LogP contribution in [0, 0.1) is 0 Å². The van der Waals surface area contributed by atoms with E-state index in [0.717, 1.165) is 16.0 Å². The molecule has 1 aliphatic heterocycles. The Morgan fingerprint density at radius 3 is 2.30 bits per heavy atom. The summed E-state index contributed by atoms with van der Waals surface area (Å²) in [4.78, 5) is 38.6. The van der Waals surface area contributed by atoms with E-state index in [1.165, 1.54) is 0 Å². The smallest absolute Gasteiger partial charge is 0.325 e. The molecule has 0 aromatic heterocycles. The summed E-state index contributed by atoms with van der Waals surface area (Å²) < 4.78 is 0. The molecule has 0 spiro atoms. The molecule has 4 amide bonds. The van der Waals surface area contributed by atoms with E-state index in [0.29, 0.717) is 19.4 Å². The van der Waals surface area contributed by atoms with Crippen LogP contribution < -0.4 is 10.6 Å². The molecule has 140 valence electrons. The van der Waals surface area contributed by atoms with Crippen molar-refractivity contribution in [1.82, 2.24) is 15.5 Å². The quantitative estimate of drug-likeness (QED) is 0.739. The lowest BCUT2D eigenvalue weighted by Crippen LogP contribution is -2.45. The highest BCUT2D eigenvalue weighted by molar-refractivity contribution is 6.09. The molecule has 0 aliphatic carbocycles. The number of carbonyl (C=O) groups excluding carboxylic acids is 3. The van der Waals surface area contributed by atoms with Crippen molar-refractivity contribution < 1.29 is 14.4 Å². The maximum atomic E-state index is 13.0. The fourth-order valence-electron chi connectivity index (χ4n) is 3.32. The van der Waals surface area contributed by atoms with Crippen LogP contribution in [-0.2, 0) is 21.5 Å². The van der Waals surface area contributed by atoms with Crippen molar-refractivity contribution in [1.29, 1.82) is 0 Å². The highest BCUT2D eigenvalue weighted by atomic mass is 16.2. The van der Waals surface area contributed by atoms with Crippen molar-refractivity contribution in [2.75, 3.05) is 13.1 Å². The van der Waals surface area contributed by atoms with E-state index in [9.17, 15) is 14.4 Å². The zero-order valence-corrected chi connectivity index (χ0v) is 15.3. The molecule has 0 saturated carbocycles. The number of amides is 4. The second kappa shape index (κ2) is 8.03. The summed E-state index contributed by atoms with van der Waals surface area (Å²) in [6.07, 6.45) is 1.10. The maximum absolute atomic E-state index is 13.0. The Balaban J connectivity index is 1.62. The molecular weight excluding hydrogens is 342 g/mol. The van der Waals surface area contributed by atoms with E-state index in [1.807, 2.05) is 67.6 Å². The number of benzene rings is 2. The third-order valence-corrected chi connectivity index (χ3v) is 4.85. The third kappa shape index (κ3) is 3.84. The lowest BCUT2D eigenvalue weighted by molar-refractivity contribution is -0.135. The predicted octanol–water partition coefficient (Wildman–Crippen LogP) is 2.20. The molecule has 6 nitrogen and oxygen atoms in total. The van der Waals surface area contributed by atoms with E-state index >= 15 is 0 Å². The van der Waals surface area contributed by atoms with Gasteiger partial charge in [0, 0.05) is 6.54 Å². The van der Waals surface area contributed by atoms with Gasteiger partial charge in [-0.1, -0.05) is 67.6 Å². The maximum Gasteiger partial charge on any atom is 0.325 e. The van der Waals surface area contributed by atoms with Gasteiger partial charge in [-0.2, -0.15) is 0 Å². The van der Waals surface area contributed by atoms with Gasteiger partial charge in [0.05, 0.1) is 0 Å².